The lowest BCUT2D eigenvalue weighted by molar-refractivity contribution is -0.119. The zero-order chi connectivity index (χ0) is 16.1. The van der Waals surface area contributed by atoms with Crippen LogP contribution in [0.15, 0.2) is 0 Å². The fraction of sp³-hybridized carbons (Fsp3) is 0.938. The van der Waals surface area contributed by atoms with Gasteiger partial charge in [-0.2, -0.15) is 0 Å². The van der Waals surface area contributed by atoms with Crippen LogP contribution in [-0.4, -0.2) is 47.0 Å². The number of hydrogen-bond donors (Lipinski definition) is 4. The van der Waals surface area contributed by atoms with Crippen molar-refractivity contribution in [2.75, 3.05) is 19.8 Å². The molecule has 4 N–H and O–H groups in total. The second-order valence-electron chi connectivity index (χ2n) is 7.33. The molecule has 0 aromatic rings. The summed E-state index contributed by atoms with van der Waals surface area (Å²) in [5, 5.41) is 23.7. The Morgan fingerprint density at radius 1 is 1.05 bits per heavy atom. The maximum absolute atomic E-state index is 11.0. The predicted octanol–water partition coefficient (Wildman–Crippen LogP) is 1.04. The molecule has 2 rings (SSSR count). The number of carbonyl (C=O) groups is 1. The van der Waals surface area contributed by atoms with Crippen molar-refractivity contribution in [1.82, 2.24) is 10.6 Å². The lowest BCUT2D eigenvalue weighted by Gasteiger charge is -2.26. The Bertz CT molecular complexity index is 342. The molecule has 2 fully saturated rings. The number of nitrogens with one attached hydrogen (secondary N) is 2. The third-order valence-corrected chi connectivity index (χ3v) is 4.96. The molecule has 124 valence electrons. The summed E-state index contributed by atoms with van der Waals surface area (Å²) in [7, 11) is 0. The van der Waals surface area contributed by atoms with E-state index >= 15 is 0 Å². The molecule has 0 aromatic heterocycles. The van der Waals surface area contributed by atoms with Gasteiger partial charge in [-0.3, -0.25) is 4.79 Å². The third-order valence-electron chi connectivity index (χ3n) is 4.96. The van der Waals surface area contributed by atoms with Crippen LogP contribution in [0.25, 0.3) is 0 Å². The predicted molar refractivity (Wildman–Crippen MR) is 83.9 cm³/mol. The molecule has 5 heteroatoms. The summed E-state index contributed by atoms with van der Waals surface area (Å²) in [6.45, 7) is 10.0. The molecular formula is C16H32N2O3. The summed E-state index contributed by atoms with van der Waals surface area (Å²) in [4.78, 5) is 11.0. The van der Waals surface area contributed by atoms with Gasteiger partial charge in [0.2, 0.25) is 5.91 Å². The topological polar surface area (TPSA) is 81.6 Å². The summed E-state index contributed by atoms with van der Waals surface area (Å²) < 4.78 is 0. The number of hydrogen-bond acceptors (Lipinski definition) is 4. The smallest absolute Gasteiger partial charge is 0.220 e. The first-order valence-electron chi connectivity index (χ1n) is 8.00. The molecule has 0 aliphatic carbocycles. The largest absolute Gasteiger partial charge is 0.396 e. The highest BCUT2D eigenvalue weighted by Crippen LogP contribution is 2.29. The van der Waals surface area contributed by atoms with E-state index in [-0.39, 0.29) is 23.6 Å². The van der Waals surface area contributed by atoms with E-state index < -0.39 is 0 Å². The first-order valence-corrected chi connectivity index (χ1v) is 8.00. The Kier molecular flexibility index (Phi) is 6.63. The molecule has 0 spiro atoms. The van der Waals surface area contributed by atoms with E-state index in [1.807, 2.05) is 13.8 Å². The fourth-order valence-electron chi connectivity index (χ4n) is 3.34. The lowest BCUT2D eigenvalue weighted by Crippen LogP contribution is -2.39. The average molecular weight is 300 g/mol. The van der Waals surface area contributed by atoms with Gasteiger partial charge in [0.15, 0.2) is 0 Å². The van der Waals surface area contributed by atoms with Gasteiger partial charge in [0.05, 0.1) is 0 Å². The van der Waals surface area contributed by atoms with Gasteiger partial charge in [-0.25, -0.2) is 0 Å². The maximum atomic E-state index is 11.0. The second-order valence-corrected chi connectivity index (χ2v) is 7.33. The molecule has 2 atom stereocenters. The Labute approximate surface area is 128 Å². The summed E-state index contributed by atoms with van der Waals surface area (Å²) in [6.07, 6.45) is 3.44. The number of aliphatic hydroxyl groups is 2. The lowest BCUT2D eigenvalue weighted by atomic mass is 9.87. The molecule has 0 saturated carbocycles. The second kappa shape index (κ2) is 7.56. The van der Waals surface area contributed by atoms with Crippen LogP contribution in [0, 0.1) is 11.8 Å². The Morgan fingerprint density at radius 2 is 1.62 bits per heavy atom. The first kappa shape index (κ1) is 18.4. The third kappa shape index (κ3) is 5.24. The summed E-state index contributed by atoms with van der Waals surface area (Å²) in [5.41, 5.74) is 0.128. The normalized spacial score (nSPS) is 29.7. The van der Waals surface area contributed by atoms with Gasteiger partial charge in [-0.15, -0.1) is 0 Å². The molecule has 2 aliphatic rings. The molecule has 0 bridgehead atoms. The van der Waals surface area contributed by atoms with Crippen molar-refractivity contribution in [2.45, 2.75) is 64.5 Å². The van der Waals surface area contributed by atoms with E-state index in [1.54, 1.807) is 0 Å². The molecule has 2 unspecified atom stereocenters. The van der Waals surface area contributed by atoms with Crippen molar-refractivity contribution in [3.63, 3.8) is 0 Å². The summed E-state index contributed by atoms with van der Waals surface area (Å²) in [5.74, 6) is 1.06. The van der Waals surface area contributed by atoms with Crippen molar-refractivity contribution in [1.29, 1.82) is 0 Å². The van der Waals surface area contributed by atoms with Crippen LogP contribution in [0.3, 0.4) is 0 Å². The van der Waals surface area contributed by atoms with E-state index in [2.05, 4.69) is 24.5 Å². The Balaban J connectivity index is 0.000000211. The SMILES string of the molecule is CC1(C)NC(=O)CC1CCO.CC1(C)NCCC1CCO. The number of amides is 1. The minimum atomic E-state index is -0.125. The molecular weight excluding hydrogens is 268 g/mol. The van der Waals surface area contributed by atoms with Gasteiger partial charge < -0.3 is 20.8 Å². The van der Waals surface area contributed by atoms with E-state index in [0.717, 1.165) is 13.0 Å². The minimum Gasteiger partial charge on any atom is -0.396 e. The minimum absolute atomic E-state index is 0.105. The monoisotopic (exact) mass is 300 g/mol. The summed E-state index contributed by atoms with van der Waals surface area (Å²) in [6, 6.07) is 0. The van der Waals surface area contributed by atoms with Gasteiger partial charge in [0, 0.05) is 30.7 Å². The van der Waals surface area contributed by atoms with Gasteiger partial charge in [-0.05, 0) is 65.3 Å². The maximum Gasteiger partial charge on any atom is 0.220 e. The highest BCUT2D eigenvalue weighted by Gasteiger charge is 2.38. The molecule has 2 aliphatic heterocycles. The molecule has 2 saturated heterocycles. The first-order chi connectivity index (χ1) is 9.73. The molecule has 5 nitrogen and oxygen atoms in total. The molecule has 1 amide bonds. The van der Waals surface area contributed by atoms with Crippen LogP contribution in [0.1, 0.15) is 53.4 Å². The molecule has 0 radical (unpaired) electrons. The summed E-state index contributed by atoms with van der Waals surface area (Å²) >= 11 is 0. The van der Waals surface area contributed by atoms with Crippen LogP contribution < -0.4 is 10.6 Å². The Hall–Kier alpha value is -0.650. The molecule has 2 heterocycles. The van der Waals surface area contributed by atoms with E-state index in [0.29, 0.717) is 31.3 Å². The average Bonchev–Trinajstić information content (AvgIpc) is 2.81. The van der Waals surface area contributed by atoms with Crippen LogP contribution in [-0.2, 0) is 4.79 Å². The van der Waals surface area contributed by atoms with Gasteiger partial charge in [0.1, 0.15) is 0 Å². The number of carbonyl (C=O) groups excluding carboxylic acids is 1. The zero-order valence-corrected chi connectivity index (χ0v) is 13.9. The fourth-order valence-corrected chi connectivity index (χ4v) is 3.34. The van der Waals surface area contributed by atoms with Crippen molar-refractivity contribution in [2.24, 2.45) is 11.8 Å². The standard InChI is InChI=1S/C8H15NO2.C8H17NO/c1-8(2)6(3-4-10)5-7(11)9-8;1-8(2)7(4-6-10)3-5-9-8/h6,10H,3-5H2,1-2H3,(H,9,11);7,9-10H,3-6H2,1-2H3. The van der Waals surface area contributed by atoms with Crippen molar-refractivity contribution in [3.05, 3.63) is 0 Å². The number of aliphatic hydroxyl groups excluding tert-OH is 2. The van der Waals surface area contributed by atoms with Crippen LogP contribution in [0.2, 0.25) is 0 Å². The van der Waals surface area contributed by atoms with Crippen LogP contribution in [0.5, 0.6) is 0 Å². The van der Waals surface area contributed by atoms with Crippen molar-refractivity contribution < 1.29 is 15.0 Å². The van der Waals surface area contributed by atoms with E-state index in [4.69, 9.17) is 10.2 Å². The van der Waals surface area contributed by atoms with Crippen LogP contribution >= 0.6 is 0 Å². The molecule has 21 heavy (non-hydrogen) atoms. The quantitative estimate of drug-likeness (QED) is 0.625. The highest BCUT2D eigenvalue weighted by atomic mass is 16.3. The van der Waals surface area contributed by atoms with E-state index in [9.17, 15) is 4.79 Å². The van der Waals surface area contributed by atoms with Crippen LogP contribution in [0.4, 0.5) is 0 Å². The van der Waals surface area contributed by atoms with Gasteiger partial charge in [-0.1, -0.05) is 0 Å². The highest BCUT2D eigenvalue weighted by molar-refractivity contribution is 5.79. The van der Waals surface area contributed by atoms with Crippen molar-refractivity contribution in [3.8, 4) is 0 Å². The van der Waals surface area contributed by atoms with Gasteiger partial charge in [0.25, 0.3) is 0 Å². The van der Waals surface area contributed by atoms with Gasteiger partial charge >= 0.3 is 0 Å². The number of rotatable bonds is 4. The molecule has 0 aromatic carbocycles. The zero-order valence-electron chi connectivity index (χ0n) is 13.9. The van der Waals surface area contributed by atoms with E-state index in [1.165, 1.54) is 6.42 Å². The Morgan fingerprint density at radius 3 is 2.00 bits per heavy atom. The van der Waals surface area contributed by atoms with Crippen molar-refractivity contribution >= 4 is 5.91 Å².